The normalized spacial score (nSPS) is 10.8. The minimum atomic E-state index is 0.390. The first-order valence-electron chi connectivity index (χ1n) is 11.3. The summed E-state index contributed by atoms with van der Waals surface area (Å²) in [6, 6.07) is 19.3. The first-order valence-corrected chi connectivity index (χ1v) is 11.3. The zero-order chi connectivity index (χ0) is 24.5. The molecule has 0 aliphatic rings. The van der Waals surface area contributed by atoms with Gasteiger partial charge in [0.2, 0.25) is 0 Å². The van der Waals surface area contributed by atoms with Crippen molar-refractivity contribution in [3.05, 3.63) is 72.6 Å². The summed E-state index contributed by atoms with van der Waals surface area (Å²) in [5.74, 6) is 3.40. The second-order valence-electron chi connectivity index (χ2n) is 7.74. The number of rotatable bonds is 12. The Bertz CT molecular complexity index is 1250. The van der Waals surface area contributed by atoms with Gasteiger partial charge in [-0.15, -0.1) is 0 Å². The highest BCUT2D eigenvalue weighted by atomic mass is 16.5. The highest BCUT2D eigenvalue weighted by Gasteiger charge is 2.14. The van der Waals surface area contributed by atoms with Crippen LogP contribution in [0.4, 0.5) is 11.5 Å². The molecule has 1 heterocycles. The summed E-state index contributed by atoms with van der Waals surface area (Å²) >= 11 is 0. The van der Waals surface area contributed by atoms with Gasteiger partial charge >= 0.3 is 0 Å². The number of nitrogens with zero attached hydrogens (tertiary/aromatic N) is 2. The maximum Gasteiger partial charge on any atom is 0.163 e. The maximum absolute atomic E-state index is 5.95. The number of hydrogen-bond donors (Lipinski definition) is 1. The molecular formula is C27H29N3O5. The summed E-state index contributed by atoms with van der Waals surface area (Å²) in [6.45, 7) is 3.74. The molecule has 1 aromatic heterocycles. The first-order chi connectivity index (χ1) is 17.2. The molecule has 0 saturated heterocycles. The molecule has 0 unspecified atom stereocenters. The monoisotopic (exact) mass is 475 g/mol. The second-order valence-corrected chi connectivity index (χ2v) is 7.74. The number of ether oxygens (including phenoxy) is 5. The Labute approximate surface area is 204 Å². The fourth-order valence-corrected chi connectivity index (χ4v) is 3.45. The fraction of sp³-hybridized carbons (Fsp3) is 0.259. The molecule has 35 heavy (non-hydrogen) atoms. The van der Waals surface area contributed by atoms with Crippen LogP contribution >= 0.6 is 0 Å². The lowest BCUT2D eigenvalue weighted by Gasteiger charge is -2.16. The number of benzene rings is 3. The molecule has 4 rings (SSSR count). The molecule has 0 aliphatic carbocycles. The summed E-state index contributed by atoms with van der Waals surface area (Å²) in [6.07, 6.45) is 1.53. The second kappa shape index (κ2) is 12.0. The van der Waals surface area contributed by atoms with E-state index in [1.165, 1.54) is 6.33 Å². The van der Waals surface area contributed by atoms with Gasteiger partial charge in [-0.1, -0.05) is 18.2 Å². The van der Waals surface area contributed by atoms with Crippen molar-refractivity contribution in [3.8, 4) is 23.0 Å². The van der Waals surface area contributed by atoms with E-state index in [1.54, 1.807) is 14.2 Å². The lowest BCUT2D eigenvalue weighted by molar-refractivity contribution is 0.132. The van der Waals surface area contributed by atoms with Crippen molar-refractivity contribution < 1.29 is 23.7 Å². The molecule has 0 spiro atoms. The van der Waals surface area contributed by atoms with Gasteiger partial charge in [-0.3, -0.25) is 0 Å². The number of para-hydroxylation sites is 1. The summed E-state index contributed by atoms with van der Waals surface area (Å²) in [7, 11) is 3.27. The van der Waals surface area contributed by atoms with Gasteiger partial charge in [0, 0.05) is 31.4 Å². The Morgan fingerprint density at radius 1 is 0.743 bits per heavy atom. The summed E-state index contributed by atoms with van der Waals surface area (Å²) in [5.41, 5.74) is 2.66. The Morgan fingerprint density at radius 3 is 2.14 bits per heavy atom. The molecule has 0 fully saturated rings. The van der Waals surface area contributed by atoms with E-state index in [4.69, 9.17) is 23.7 Å². The average molecular weight is 476 g/mol. The number of nitrogens with one attached hydrogen (secondary N) is 1. The van der Waals surface area contributed by atoms with E-state index in [2.05, 4.69) is 15.3 Å². The van der Waals surface area contributed by atoms with Crippen molar-refractivity contribution in [2.24, 2.45) is 0 Å². The lowest BCUT2D eigenvalue weighted by atomic mass is 10.1. The lowest BCUT2D eigenvalue weighted by Crippen LogP contribution is -2.09. The predicted molar refractivity (Wildman–Crippen MR) is 135 cm³/mol. The van der Waals surface area contributed by atoms with E-state index < -0.39 is 0 Å². The van der Waals surface area contributed by atoms with Crippen LogP contribution in [0.25, 0.3) is 10.9 Å². The molecule has 3 aromatic carbocycles. The van der Waals surface area contributed by atoms with Gasteiger partial charge in [0.05, 0.1) is 18.7 Å². The van der Waals surface area contributed by atoms with Gasteiger partial charge in [0.1, 0.15) is 36.9 Å². The van der Waals surface area contributed by atoms with Gasteiger partial charge in [0.25, 0.3) is 0 Å². The number of methoxy groups -OCH3 is 2. The van der Waals surface area contributed by atoms with Crippen LogP contribution in [-0.2, 0) is 9.47 Å². The van der Waals surface area contributed by atoms with Crippen LogP contribution in [0, 0.1) is 6.92 Å². The van der Waals surface area contributed by atoms with Gasteiger partial charge in [0.15, 0.2) is 11.5 Å². The molecule has 0 radical (unpaired) electrons. The fourth-order valence-electron chi connectivity index (χ4n) is 3.45. The Balaban J connectivity index is 1.60. The Morgan fingerprint density at radius 2 is 1.46 bits per heavy atom. The molecule has 8 heteroatoms. The Hall–Kier alpha value is -3.88. The molecule has 182 valence electrons. The molecule has 0 bridgehead atoms. The van der Waals surface area contributed by atoms with Crippen molar-refractivity contribution in [3.63, 3.8) is 0 Å². The molecule has 0 saturated carbocycles. The molecule has 0 aliphatic heterocycles. The topological polar surface area (TPSA) is 84.0 Å². The number of aromatic nitrogens is 2. The third kappa shape index (κ3) is 6.38. The van der Waals surface area contributed by atoms with Crippen LogP contribution in [-0.4, -0.2) is 50.6 Å². The van der Waals surface area contributed by atoms with Crippen molar-refractivity contribution in [2.45, 2.75) is 6.92 Å². The summed E-state index contributed by atoms with van der Waals surface area (Å²) in [5, 5.41) is 4.23. The highest BCUT2D eigenvalue weighted by Crippen LogP contribution is 2.36. The van der Waals surface area contributed by atoms with Gasteiger partial charge in [-0.2, -0.15) is 0 Å². The number of fused-ring (bicyclic) bond motifs is 1. The smallest absolute Gasteiger partial charge is 0.163 e. The predicted octanol–water partition coefficient (Wildman–Crippen LogP) is 5.52. The van der Waals surface area contributed by atoms with Crippen molar-refractivity contribution in [1.82, 2.24) is 9.97 Å². The van der Waals surface area contributed by atoms with Crippen molar-refractivity contribution in [2.75, 3.05) is 46.0 Å². The summed E-state index contributed by atoms with van der Waals surface area (Å²) < 4.78 is 28.0. The van der Waals surface area contributed by atoms with Crippen LogP contribution in [0.5, 0.6) is 23.0 Å². The molecule has 0 atom stereocenters. The van der Waals surface area contributed by atoms with E-state index in [1.807, 2.05) is 67.6 Å². The van der Waals surface area contributed by atoms with E-state index in [0.717, 1.165) is 33.7 Å². The minimum absolute atomic E-state index is 0.390. The number of anilines is 2. The Kier molecular flexibility index (Phi) is 8.32. The minimum Gasteiger partial charge on any atom is -0.487 e. The van der Waals surface area contributed by atoms with Crippen LogP contribution in [0.1, 0.15) is 5.56 Å². The van der Waals surface area contributed by atoms with Crippen LogP contribution < -0.4 is 19.5 Å². The standard InChI is InChI=1S/C27H29N3O5/c1-19-15-21(35-20-7-5-4-6-8-20)9-10-23(19)30-27-22-16-25(33-13-11-31-2)26(34-14-12-32-3)17-24(22)28-18-29-27/h4-10,15-18H,11-14H2,1-3H3,(H,28,29,30). The summed E-state index contributed by atoms with van der Waals surface area (Å²) in [4.78, 5) is 8.91. The average Bonchev–Trinajstić information content (AvgIpc) is 2.87. The van der Waals surface area contributed by atoms with Crippen molar-refractivity contribution >= 4 is 22.4 Å². The quantitative estimate of drug-likeness (QED) is 0.268. The van der Waals surface area contributed by atoms with Crippen molar-refractivity contribution in [1.29, 1.82) is 0 Å². The number of hydrogen-bond acceptors (Lipinski definition) is 8. The zero-order valence-electron chi connectivity index (χ0n) is 20.1. The zero-order valence-corrected chi connectivity index (χ0v) is 20.1. The maximum atomic E-state index is 5.95. The number of aryl methyl sites for hydroxylation is 1. The van der Waals surface area contributed by atoms with E-state index in [9.17, 15) is 0 Å². The third-order valence-corrected chi connectivity index (χ3v) is 5.22. The van der Waals surface area contributed by atoms with Gasteiger partial charge < -0.3 is 29.0 Å². The highest BCUT2D eigenvalue weighted by molar-refractivity contribution is 5.93. The van der Waals surface area contributed by atoms with E-state index >= 15 is 0 Å². The van der Waals surface area contributed by atoms with Gasteiger partial charge in [-0.25, -0.2) is 9.97 Å². The van der Waals surface area contributed by atoms with Gasteiger partial charge in [-0.05, 0) is 48.9 Å². The molecule has 8 nitrogen and oxygen atoms in total. The van der Waals surface area contributed by atoms with E-state index in [0.29, 0.717) is 43.7 Å². The van der Waals surface area contributed by atoms with Crippen LogP contribution in [0.15, 0.2) is 67.0 Å². The van der Waals surface area contributed by atoms with E-state index in [-0.39, 0.29) is 0 Å². The largest absolute Gasteiger partial charge is 0.487 e. The van der Waals surface area contributed by atoms with Crippen LogP contribution in [0.2, 0.25) is 0 Å². The van der Waals surface area contributed by atoms with Crippen LogP contribution in [0.3, 0.4) is 0 Å². The molecule has 0 amide bonds. The molecule has 4 aromatic rings. The molecule has 1 N–H and O–H groups in total. The SMILES string of the molecule is COCCOc1cc2ncnc(Nc3ccc(Oc4ccccc4)cc3C)c2cc1OCCOC. The first kappa shape index (κ1) is 24.3. The molecular weight excluding hydrogens is 446 g/mol. The third-order valence-electron chi connectivity index (χ3n) is 5.22.